The number of hydrogen-bond acceptors (Lipinski definition) is 4. The first-order valence-electron chi connectivity index (χ1n) is 6.80. The summed E-state index contributed by atoms with van der Waals surface area (Å²) >= 11 is 0. The van der Waals surface area contributed by atoms with Crippen LogP contribution >= 0.6 is 0 Å². The SMILES string of the molecule is O=C(O)c1ccc2nc3c(nc2c1)Cc1ccccc1C3=O. The molecular weight excluding hydrogens is 280 g/mol. The number of carboxylic acids is 1. The van der Waals surface area contributed by atoms with E-state index < -0.39 is 5.97 Å². The predicted molar refractivity (Wildman–Crippen MR) is 79.2 cm³/mol. The van der Waals surface area contributed by atoms with Gasteiger partial charge in [-0.25, -0.2) is 14.8 Å². The van der Waals surface area contributed by atoms with E-state index in [1.165, 1.54) is 12.1 Å². The van der Waals surface area contributed by atoms with Gasteiger partial charge in [-0.2, -0.15) is 0 Å². The number of carboxylic acid groups (broad SMARTS) is 1. The molecule has 22 heavy (non-hydrogen) atoms. The minimum Gasteiger partial charge on any atom is -0.478 e. The molecule has 0 unspecified atom stereocenters. The molecule has 0 amide bonds. The van der Waals surface area contributed by atoms with Crippen molar-refractivity contribution in [2.75, 3.05) is 0 Å². The topological polar surface area (TPSA) is 80.2 Å². The number of carbonyl (C=O) groups is 2. The Morgan fingerprint density at radius 3 is 2.68 bits per heavy atom. The molecule has 1 N–H and O–H groups in total. The lowest BCUT2D eigenvalue weighted by Gasteiger charge is -2.17. The van der Waals surface area contributed by atoms with E-state index in [4.69, 9.17) is 5.11 Å². The molecule has 0 saturated heterocycles. The largest absolute Gasteiger partial charge is 0.478 e. The molecule has 0 aliphatic heterocycles. The van der Waals surface area contributed by atoms with Crippen molar-refractivity contribution in [3.8, 4) is 0 Å². The van der Waals surface area contributed by atoms with Crippen LogP contribution in [0.5, 0.6) is 0 Å². The van der Waals surface area contributed by atoms with Gasteiger partial charge in [0.1, 0.15) is 5.69 Å². The summed E-state index contributed by atoms with van der Waals surface area (Å²) in [6.07, 6.45) is 0.525. The molecule has 0 saturated carbocycles. The highest BCUT2D eigenvalue weighted by Gasteiger charge is 2.26. The Morgan fingerprint density at radius 1 is 1.05 bits per heavy atom. The van der Waals surface area contributed by atoms with Gasteiger partial charge >= 0.3 is 5.97 Å². The van der Waals surface area contributed by atoms with Gasteiger partial charge in [-0.1, -0.05) is 24.3 Å². The maximum absolute atomic E-state index is 12.5. The third kappa shape index (κ3) is 1.79. The molecule has 0 radical (unpaired) electrons. The average Bonchev–Trinajstić information content (AvgIpc) is 2.53. The number of carbonyl (C=O) groups excluding carboxylic acids is 1. The number of ketones is 1. The van der Waals surface area contributed by atoms with E-state index in [2.05, 4.69) is 9.97 Å². The van der Waals surface area contributed by atoms with Crippen LogP contribution in [-0.4, -0.2) is 26.8 Å². The smallest absolute Gasteiger partial charge is 0.335 e. The predicted octanol–water partition coefficient (Wildman–Crippen LogP) is 2.46. The van der Waals surface area contributed by atoms with Crippen LogP contribution in [0.2, 0.25) is 0 Å². The molecule has 0 spiro atoms. The van der Waals surface area contributed by atoms with E-state index in [1.54, 1.807) is 12.1 Å². The molecule has 1 heterocycles. The van der Waals surface area contributed by atoms with Gasteiger partial charge in [0.25, 0.3) is 0 Å². The Bertz CT molecular complexity index is 963. The molecule has 5 nitrogen and oxygen atoms in total. The van der Waals surface area contributed by atoms with Crippen LogP contribution in [-0.2, 0) is 6.42 Å². The van der Waals surface area contributed by atoms with E-state index in [0.29, 0.717) is 34.4 Å². The summed E-state index contributed by atoms with van der Waals surface area (Å²) < 4.78 is 0. The van der Waals surface area contributed by atoms with Gasteiger partial charge in [-0.3, -0.25) is 4.79 Å². The number of aromatic nitrogens is 2. The second-order valence-corrected chi connectivity index (χ2v) is 5.19. The molecule has 3 aromatic rings. The number of hydrogen-bond donors (Lipinski definition) is 1. The third-order valence-electron chi connectivity index (χ3n) is 3.82. The van der Waals surface area contributed by atoms with Gasteiger partial charge in [0.15, 0.2) is 0 Å². The van der Waals surface area contributed by atoms with Crippen molar-refractivity contribution in [3.05, 3.63) is 70.5 Å². The second-order valence-electron chi connectivity index (χ2n) is 5.19. The minimum absolute atomic E-state index is 0.131. The fourth-order valence-corrected chi connectivity index (χ4v) is 2.73. The van der Waals surface area contributed by atoms with Crippen molar-refractivity contribution in [1.82, 2.24) is 9.97 Å². The summed E-state index contributed by atoms with van der Waals surface area (Å²) in [5.41, 5.74) is 3.70. The molecule has 1 aliphatic carbocycles. The van der Waals surface area contributed by atoms with Gasteiger partial charge < -0.3 is 5.11 Å². The summed E-state index contributed by atoms with van der Waals surface area (Å²) in [7, 11) is 0. The fraction of sp³-hybridized carbons (Fsp3) is 0.0588. The Kier molecular flexibility index (Phi) is 2.56. The quantitative estimate of drug-likeness (QED) is 0.582. The van der Waals surface area contributed by atoms with E-state index in [0.717, 1.165) is 5.56 Å². The highest BCUT2D eigenvalue weighted by molar-refractivity contribution is 6.11. The highest BCUT2D eigenvalue weighted by Crippen LogP contribution is 2.26. The Hall–Kier alpha value is -3.08. The van der Waals surface area contributed by atoms with E-state index in [-0.39, 0.29) is 11.3 Å². The van der Waals surface area contributed by atoms with Crippen LogP contribution in [0.1, 0.15) is 37.7 Å². The van der Waals surface area contributed by atoms with Crippen molar-refractivity contribution in [3.63, 3.8) is 0 Å². The van der Waals surface area contributed by atoms with Crippen LogP contribution in [0.15, 0.2) is 42.5 Å². The van der Waals surface area contributed by atoms with Gasteiger partial charge in [-0.05, 0) is 23.8 Å². The van der Waals surface area contributed by atoms with Gasteiger partial charge in [0, 0.05) is 12.0 Å². The van der Waals surface area contributed by atoms with Crippen molar-refractivity contribution in [2.45, 2.75) is 6.42 Å². The zero-order valence-corrected chi connectivity index (χ0v) is 11.4. The molecule has 5 heteroatoms. The molecule has 0 bridgehead atoms. The fourth-order valence-electron chi connectivity index (χ4n) is 2.73. The molecule has 0 fully saturated rings. The van der Waals surface area contributed by atoms with Crippen molar-refractivity contribution in [2.24, 2.45) is 0 Å². The van der Waals surface area contributed by atoms with Gasteiger partial charge in [-0.15, -0.1) is 0 Å². The zero-order chi connectivity index (χ0) is 15.3. The molecule has 2 aromatic carbocycles. The summed E-state index contributed by atoms with van der Waals surface area (Å²) in [6.45, 7) is 0. The monoisotopic (exact) mass is 290 g/mol. The average molecular weight is 290 g/mol. The number of nitrogens with zero attached hydrogens (tertiary/aromatic N) is 2. The molecular formula is C17H10N2O3. The van der Waals surface area contributed by atoms with Gasteiger partial charge in [0.2, 0.25) is 5.78 Å². The van der Waals surface area contributed by atoms with Crippen molar-refractivity contribution < 1.29 is 14.7 Å². The molecule has 0 atom stereocenters. The summed E-state index contributed by atoms with van der Waals surface area (Å²) in [6, 6.07) is 11.9. The first kappa shape index (κ1) is 12.6. The number of fused-ring (bicyclic) bond motifs is 3. The van der Waals surface area contributed by atoms with E-state index in [1.807, 2.05) is 18.2 Å². The first-order chi connectivity index (χ1) is 10.6. The number of rotatable bonds is 1. The lowest BCUT2D eigenvalue weighted by molar-refractivity contribution is 0.0696. The Balaban J connectivity index is 1.94. The summed E-state index contributed by atoms with van der Waals surface area (Å²) in [5.74, 6) is -1.14. The highest BCUT2D eigenvalue weighted by atomic mass is 16.4. The van der Waals surface area contributed by atoms with Crippen LogP contribution in [0.3, 0.4) is 0 Å². The standard InChI is InChI=1S/C17H10N2O3/c20-16-11-4-2-1-3-9(11)7-14-15(16)19-12-6-5-10(17(21)22)8-13(12)18-14/h1-6,8H,7H2,(H,21,22). The maximum atomic E-state index is 12.5. The Labute approximate surface area is 125 Å². The van der Waals surface area contributed by atoms with Crippen molar-refractivity contribution in [1.29, 1.82) is 0 Å². The van der Waals surface area contributed by atoms with E-state index >= 15 is 0 Å². The van der Waals surface area contributed by atoms with Gasteiger partial charge in [0.05, 0.1) is 22.3 Å². The minimum atomic E-state index is -1.01. The van der Waals surface area contributed by atoms with Crippen LogP contribution in [0, 0.1) is 0 Å². The normalized spacial score (nSPS) is 12.8. The molecule has 1 aliphatic rings. The molecule has 1 aromatic heterocycles. The van der Waals surface area contributed by atoms with E-state index in [9.17, 15) is 9.59 Å². The van der Waals surface area contributed by atoms with Crippen LogP contribution in [0.25, 0.3) is 11.0 Å². The lowest BCUT2D eigenvalue weighted by Crippen LogP contribution is -2.18. The second kappa shape index (κ2) is 4.46. The van der Waals surface area contributed by atoms with Crippen LogP contribution in [0.4, 0.5) is 0 Å². The summed E-state index contributed by atoms with van der Waals surface area (Å²) in [5, 5.41) is 9.05. The lowest BCUT2D eigenvalue weighted by atomic mass is 9.90. The first-order valence-corrected chi connectivity index (χ1v) is 6.80. The zero-order valence-electron chi connectivity index (χ0n) is 11.4. The van der Waals surface area contributed by atoms with Crippen molar-refractivity contribution >= 4 is 22.8 Å². The maximum Gasteiger partial charge on any atom is 0.335 e. The third-order valence-corrected chi connectivity index (χ3v) is 3.82. The summed E-state index contributed by atoms with van der Waals surface area (Å²) in [4.78, 5) is 32.4. The molecule has 106 valence electrons. The molecule has 4 rings (SSSR count). The van der Waals surface area contributed by atoms with Crippen LogP contribution < -0.4 is 0 Å². The Morgan fingerprint density at radius 2 is 1.86 bits per heavy atom. The number of benzene rings is 2. The number of aromatic carboxylic acids is 1.